The van der Waals surface area contributed by atoms with Crippen LogP contribution in [0.1, 0.15) is 41.9 Å². The lowest BCUT2D eigenvalue weighted by atomic mass is 9.78. The largest absolute Gasteiger partial charge is 0.338 e. The number of nitrogens with zero attached hydrogens (tertiary/aromatic N) is 4. The predicted molar refractivity (Wildman–Crippen MR) is 106 cm³/mol. The molecule has 1 aromatic heterocycles. The molecule has 2 saturated heterocycles. The second-order valence-corrected chi connectivity index (χ2v) is 8.42. The van der Waals surface area contributed by atoms with Crippen molar-refractivity contribution in [3.63, 3.8) is 0 Å². The number of hydrogen-bond acceptors (Lipinski definition) is 3. The van der Waals surface area contributed by atoms with Crippen molar-refractivity contribution in [1.29, 1.82) is 0 Å². The maximum atomic E-state index is 13.4. The van der Waals surface area contributed by atoms with Crippen LogP contribution in [0, 0.1) is 19.3 Å². The summed E-state index contributed by atoms with van der Waals surface area (Å²) >= 11 is 0. The number of carbonyl (C=O) groups is 1. The van der Waals surface area contributed by atoms with Gasteiger partial charge in [-0.3, -0.25) is 9.69 Å². The second kappa shape index (κ2) is 7.12. The smallest absolute Gasteiger partial charge is 0.230 e. The van der Waals surface area contributed by atoms with Crippen LogP contribution in [0.2, 0.25) is 0 Å². The molecule has 1 atom stereocenters. The van der Waals surface area contributed by atoms with Crippen LogP contribution in [0.5, 0.6) is 0 Å². The van der Waals surface area contributed by atoms with E-state index in [0.717, 1.165) is 57.8 Å². The van der Waals surface area contributed by atoms with Gasteiger partial charge in [-0.1, -0.05) is 29.8 Å². The van der Waals surface area contributed by atoms with Crippen LogP contribution >= 0.6 is 0 Å². The van der Waals surface area contributed by atoms with Gasteiger partial charge in [0.15, 0.2) is 0 Å². The van der Waals surface area contributed by atoms with Crippen molar-refractivity contribution in [2.75, 3.05) is 19.6 Å². The monoisotopic (exact) mass is 366 g/mol. The Kier molecular flexibility index (Phi) is 4.81. The van der Waals surface area contributed by atoms with Crippen molar-refractivity contribution in [1.82, 2.24) is 19.4 Å². The van der Waals surface area contributed by atoms with Gasteiger partial charge in [0.2, 0.25) is 5.91 Å². The zero-order valence-electron chi connectivity index (χ0n) is 16.7. The Hall–Kier alpha value is -2.14. The van der Waals surface area contributed by atoms with Gasteiger partial charge >= 0.3 is 0 Å². The molecule has 5 heteroatoms. The van der Waals surface area contributed by atoms with Gasteiger partial charge in [-0.2, -0.15) is 0 Å². The summed E-state index contributed by atoms with van der Waals surface area (Å²) in [6.45, 7) is 8.51. The predicted octanol–water partition coefficient (Wildman–Crippen LogP) is 3.05. The van der Waals surface area contributed by atoms with E-state index >= 15 is 0 Å². The third-order valence-electron chi connectivity index (χ3n) is 6.42. The van der Waals surface area contributed by atoms with Gasteiger partial charge in [-0.25, -0.2) is 4.98 Å². The number of amides is 1. The fourth-order valence-corrected chi connectivity index (χ4v) is 4.73. The summed E-state index contributed by atoms with van der Waals surface area (Å²) < 4.78 is 2.15. The van der Waals surface area contributed by atoms with E-state index in [1.807, 2.05) is 13.1 Å². The molecule has 2 aliphatic rings. The van der Waals surface area contributed by atoms with E-state index in [1.54, 1.807) is 0 Å². The number of hydrogen-bond donors (Lipinski definition) is 0. The number of rotatable bonds is 4. The topological polar surface area (TPSA) is 41.4 Å². The zero-order valence-corrected chi connectivity index (χ0v) is 16.7. The van der Waals surface area contributed by atoms with Crippen molar-refractivity contribution in [3.8, 4) is 0 Å². The van der Waals surface area contributed by atoms with Crippen molar-refractivity contribution < 1.29 is 4.79 Å². The molecule has 3 heterocycles. The molecule has 144 valence electrons. The molecule has 2 fully saturated rings. The van der Waals surface area contributed by atoms with E-state index in [2.05, 4.69) is 57.6 Å². The number of carbonyl (C=O) groups excluding carboxylic acids is 1. The van der Waals surface area contributed by atoms with Gasteiger partial charge < -0.3 is 9.47 Å². The Labute approximate surface area is 162 Å². The Morgan fingerprint density at radius 2 is 2.00 bits per heavy atom. The normalized spacial score (nSPS) is 23.5. The summed E-state index contributed by atoms with van der Waals surface area (Å²) in [4.78, 5) is 22.3. The van der Waals surface area contributed by atoms with Crippen molar-refractivity contribution in [3.05, 3.63) is 53.1 Å². The minimum atomic E-state index is -0.185. The van der Waals surface area contributed by atoms with E-state index in [-0.39, 0.29) is 5.41 Å². The zero-order chi connectivity index (χ0) is 19.0. The molecule has 0 aliphatic carbocycles. The SMILES string of the molecule is Cc1cccc(CN2CCC[C@@]3(CCN(Cc4cnc(C)n4C)C3)C2=O)c1. The highest BCUT2D eigenvalue weighted by molar-refractivity contribution is 5.84. The highest BCUT2D eigenvalue weighted by Gasteiger charge is 2.48. The maximum absolute atomic E-state index is 13.4. The molecule has 4 rings (SSSR count). The lowest BCUT2D eigenvalue weighted by Gasteiger charge is -2.39. The fourth-order valence-electron chi connectivity index (χ4n) is 4.73. The summed E-state index contributed by atoms with van der Waals surface area (Å²) in [5.74, 6) is 1.40. The minimum Gasteiger partial charge on any atom is -0.338 e. The van der Waals surface area contributed by atoms with Gasteiger partial charge in [-0.15, -0.1) is 0 Å². The third-order valence-corrected chi connectivity index (χ3v) is 6.42. The lowest BCUT2D eigenvalue weighted by molar-refractivity contribution is -0.146. The Morgan fingerprint density at radius 1 is 1.15 bits per heavy atom. The van der Waals surface area contributed by atoms with Crippen molar-refractivity contribution in [2.45, 2.75) is 46.2 Å². The molecule has 2 aliphatic heterocycles. The van der Waals surface area contributed by atoms with Crippen molar-refractivity contribution >= 4 is 5.91 Å². The molecule has 5 nitrogen and oxygen atoms in total. The number of imidazole rings is 1. The molecule has 0 bridgehead atoms. The Morgan fingerprint density at radius 3 is 2.74 bits per heavy atom. The Balaban J connectivity index is 1.45. The first-order chi connectivity index (χ1) is 13.0. The first-order valence-corrected chi connectivity index (χ1v) is 10.0. The second-order valence-electron chi connectivity index (χ2n) is 8.42. The molecule has 1 spiro atoms. The van der Waals surface area contributed by atoms with Crippen LogP contribution in [-0.4, -0.2) is 44.9 Å². The standard InChI is InChI=1S/C22H30N4O/c1-17-6-4-7-19(12-17)14-26-10-5-8-22(21(26)27)9-11-25(16-22)15-20-13-23-18(2)24(20)3/h4,6-7,12-13H,5,8-11,14-16H2,1-3H3/t22-/m0/s1. The van der Waals surface area contributed by atoms with E-state index in [9.17, 15) is 4.79 Å². The molecule has 2 aromatic rings. The number of piperidine rings is 1. The van der Waals surface area contributed by atoms with E-state index in [1.165, 1.54) is 16.8 Å². The average Bonchev–Trinajstić information content (AvgIpc) is 3.19. The number of likely N-dealkylation sites (tertiary alicyclic amines) is 2. The average molecular weight is 367 g/mol. The summed E-state index contributed by atoms with van der Waals surface area (Å²) in [5.41, 5.74) is 3.53. The third kappa shape index (κ3) is 3.53. The van der Waals surface area contributed by atoms with E-state index in [4.69, 9.17) is 0 Å². The summed E-state index contributed by atoms with van der Waals surface area (Å²) in [6, 6.07) is 8.52. The molecule has 0 unspecified atom stereocenters. The van der Waals surface area contributed by atoms with Crippen LogP contribution < -0.4 is 0 Å². The van der Waals surface area contributed by atoms with Gasteiger partial charge in [0.1, 0.15) is 5.82 Å². The lowest BCUT2D eigenvalue weighted by Crippen LogP contribution is -2.49. The molecule has 0 radical (unpaired) electrons. The summed E-state index contributed by atoms with van der Waals surface area (Å²) in [7, 11) is 2.07. The Bertz CT molecular complexity index is 843. The van der Waals surface area contributed by atoms with Gasteiger partial charge in [0.05, 0.1) is 11.1 Å². The molecule has 27 heavy (non-hydrogen) atoms. The molecule has 1 amide bonds. The quantitative estimate of drug-likeness (QED) is 0.835. The number of benzene rings is 1. The first-order valence-electron chi connectivity index (χ1n) is 10.0. The molecule has 0 N–H and O–H groups in total. The summed E-state index contributed by atoms with van der Waals surface area (Å²) in [6.07, 6.45) is 5.08. The maximum Gasteiger partial charge on any atom is 0.230 e. The van der Waals surface area contributed by atoms with Crippen LogP contribution in [0.25, 0.3) is 0 Å². The van der Waals surface area contributed by atoms with Gasteiger partial charge in [0, 0.05) is 39.4 Å². The van der Waals surface area contributed by atoms with Crippen LogP contribution in [0.15, 0.2) is 30.5 Å². The molecular weight excluding hydrogens is 336 g/mol. The van der Waals surface area contributed by atoms with Crippen LogP contribution in [0.3, 0.4) is 0 Å². The molecule has 0 saturated carbocycles. The summed E-state index contributed by atoms with van der Waals surface area (Å²) in [5, 5.41) is 0. The number of aryl methyl sites for hydroxylation is 2. The number of aromatic nitrogens is 2. The molecular formula is C22H30N4O. The van der Waals surface area contributed by atoms with E-state index in [0.29, 0.717) is 5.91 Å². The van der Waals surface area contributed by atoms with Crippen LogP contribution in [-0.2, 0) is 24.9 Å². The first kappa shape index (κ1) is 18.2. The minimum absolute atomic E-state index is 0.185. The van der Waals surface area contributed by atoms with Crippen LogP contribution in [0.4, 0.5) is 0 Å². The van der Waals surface area contributed by atoms with E-state index < -0.39 is 0 Å². The van der Waals surface area contributed by atoms with Gasteiger partial charge in [0.25, 0.3) is 0 Å². The molecule has 1 aromatic carbocycles. The van der Waals surface area contributed by atoms with Crippen molar-refractivity contribution in [2.24, 2.45) is 12.5 Å². The highest BCUT2D eigenvalue weighted by Crippen LogP contribution is 2.41. The highest BCUT2D eigenvalue weighted by atomic mass is 16.2. The van der Waals surface area contributed by atoms with Gasteiger partial charge in [-0.05, 0) is 45.2 Å². The fraction of sp³-hybridized carbons (Fsp3) is 0.545.